The van der Waals surface area contributed by atoms with E-state index in [-0.39, 0.29) is 24.2 Å². The number of hydrogen-bond acceptors (Lipinski definition) is 4. The second-order valence-electron chi connectivity index (χ2n) is 6.65. The van der Waals surface area contributed by atoms with Gasteiger partial charge in [0, 0.05) is 0 Å². The molecule has 144 valence electrons. The largest absolute Gasteiger partial charge is 0.476 e. The number of carbonyl (C=O) groups is 1. The van der Waals surface area contributed by atoms with Gasteiger partial charge in [0.05, 0.1) is 24.0 Å². The number of ether oxygens (including phenoxy) is 1. The summed E-state index contributed by atoms with van der Waals surface area (Å²) in [7, 11) is -3.51. The number of carbonyl (C=O) groups excluding carboxylic acids is 1. The average Bonchev–Trinajstić information content (AvgIpc) is 2.67. The summed E-state index contributed by atoms with van der Waals surface area (Å²) in [6, 6.07) is 14.6. The van der Waals surface area contributed by atoms with Crippen molar-refractivity contribution in [2.24, 2.45) is 0 Å². The van der Waals surface area contributed by atoms with Crippen LogP contribution in [0.3, 0.4) is 0 Å². The van der Waals surface area contributed by atoms with E-state index in [9.17, 15) is 13.2 Å². The van der Waals surface area contributed by atoms with Crippen LogP contribution >= 0.6 is 0 Å². The highest BCUT2D eigenvalue weighted by Gasteiger charge is 2.36. The Balaban J connectivity index is 1.80. The fourth-order valence-electron chi connectivity index (χ4n) is 3.00. The Bertz CT molecular complexity index is 925. The number of fused-ring (bicyclic) bond motifs is 1. The zero-order valence-electron chi connectivity index (χ0n) is 15.7. The smallest absolute Gasteiger partial charge is 0.263 e. The van der Waals surface area contributed by atoms with Crippen molar-refractivity contribution in [3.63, 3.8) is 0 Å². The van der Waals surface area contributed by atoms with Gasteiger partial charge < -0.3 is 10.1 Å². The fraction of sp³-hybridized carbons (Fsp3) is 0.350. The van der Waals surface area contributed by atoms with Gasteiger partial charge in [-0.2, -0.15) is 0 Å². The summed E-state index contributed by atoms with van der Waals surface area (Å²) in [4.78, 5) is 12.8. The van der Waals surface area contributed by atoms with Gasteiger partial charge in [-0.25, -0.2) is 8.42 Å². The van der Waals surface area contributed by atoms with Gasteiger partial charge in [0.2, 0.25) is 10.0 Å². The van der Waals surface area contributed by atoms with Crippen LogP contribution in [-0.2, 0) is 14.8 Å². The van der Waals surface area contributed by atoms with Crippen molar-refractivity contribution in [3.05, 3.63) is 59.7 Å². The van der Waals surface area contributed by atoms with Crippen molar-refractivity contribution in [2.75, 3.05) is 16.6 Å². The molecule has 3 rings (SSSR count). The van der Waals surface area contributed by atoms with Gasteiger partial charge in [-0.15, -0.1) is 0 Å². The Morgan fingerprint density at radius 3 is 2.56 bits per heavy atom. The standard InChI is InChI=1S/C20H24N2O4S/c1-4-27(24,25)22-13-19(26-18-8-6-5-7-17(18)22)20(23)21-15(3)16-11-9-14(2)10-12-16/h5-12,15,19H,4,13H2,1-3H3,(H,21,23)/t15-,19+/m0/s1. The van der Waals surface area contributed by atoms with E-state index in [0.717, 1.165) is 11.1 Å². The minimum atomic E-state index is -3.51. The Morgan fingerprint density at radius 1 is 1.22 bits per heavy atom. The topological polar surface area (TPSA) is 75.7 Å². The lowest BCUT2D eigenvalue weighted by molar-refractivity contribution is -0.128. The first-order chi connectivity index (χ1) is 12.8. The summed E-state index contributed by atoms with van der Waals surface area (Å²) < 4.78 is 32.1. The van der Waals surface area contributed by atoms with E-state index in [2.05, 4.69) is 5.32 Å². The molecule has 2 aromatic carbocycles. The number of hydrogen-bond donors (Lipinski definition) is 1. The summed E-state index contributed by atoms with van der Waals surface area (Å²) in [5.74, 6) is 0.00733. The summed E-state index contributed by atoms with van der Waals surface area (Å²) >= 11 is 0. The highest BCUT2D eigenvalue weighted by atomic mass is 32.2. The summed E-state index contributed by atoms with van der Waals surface area (Å²) in [5.41, 5.74) is 2.59. The highest BCUT2D eigenvalue weighted by molar-refractivity contribution is 7.92. The number of benzene rings is 2. The average molecular weight is 388 g/mol. The quantitative estimate of drug-likeness (QED) is 0.855. The van der Waals surface area contributed by atoms with Crippen LogP contribution in [0.1, 0.15) is 31.0 Å². The van der Waals surface area contributed by atoms with E-state index in [1.54, 1.807) is 31.2 Å². The van der Waals surface area contributed by atoms with E-state index in [1.165, 1.54) is 4.31 Å². The van der Waals surface area contributed by atoms with Crippen molar-refractivity contribution in [2.45, 2.75) is 32.9 Å². The monoisotopic (exact) mass is 388 g/mol. The first-order valence-corrected chi connectivity index (χ1v) is 10.6. The number of anilines is 1. The van der Waals surface area contributed by atoms with Crippen LogP contribution in [0.25, 0.3) is 0 Å². The van der Waals surface area contributed by atoms with Crippen LogP contribution < -0.4 is 14.4 Å². The third kappa shape index (κ3) is 4.08. The van der Waals surface area contributed by atoms with Gasteiger partial charge in [0.1, 0.15) is 5.75 Å². The number of amides is 1. The molecule has 0 saturated heterocycles. The molecule has 0 fully saturated rings. The van der Waals surface area contributed by atoms with Crippen LogP contribution in [-0.4, -0.2) is 32.7 Å². The third-order valence-electron chi connectivity index (χ3n) is 4.66. The molecule has 2 aromatic rings. The second-order valence-corrected chi connectivity index (χ2v) is 8.83. The van der Waals surface area contributed by atoms with Crippen LogP contribution in [0.2, 0.25) is 0 Å². The number of aryl methyl sites for hydroxylation is 1. The minimum Gasteiger partial charge on any atom is -0.476 e. The number of nitrogens with one attached hydrogen (secondary N) is 1. The lowest BCUT2D eigenvalue weighted by Crippen LogP contribution is -2.51. The number of rotatable bonds is 5. The molecule has 1 aliphatic heterocycles. The molecule has 1 heterocycles. The highest BCUT2D eigenvalue weighted by Crippen LogP contribution is 2.35. The van der Waals surface area contributed by atoms with E-state index in [4.69, 9.17) is 4.74 Å². The van der Waals surface area contributed by atoms with E-state index in [0.29, 0.717) is 11.4 Å². The van der Waals surface area contributed by atoms with Crippen molar-refractivity contribution < 1.29 is 17.9 Å². The van der Waals surface area contributed by atoms with Crippen molar-refractivity contribution in [1.82, 2.24) is 5.32 Å². The van der Waals surface area contributed by atoms with Gasteiger partial charge in [-0.05, 0) is 38.5 Å². The Kier molecular flexibility index (Phi) is 5.41. The molecule has 2 atom stereocenters. The minimum absolute atomic E-state index is 0.0420. The predicted molar refractivity (Wildman–Crippen MR) is 105 cm³/mol. The van der Waals surface area contributed by atoms with Crippen LogP contribution in [0, 0.1) is 6.92 Å². The van der Waals surface area contributed by atoms with Gasteiger partial charge in [0.15, 0.2) is 6.10 Å². The molecule has 0 saturated carbocycles. The molecule has 0 spiro atoms. The zero-order valence-corrected chi connectivity index (χ0v) is 16.5. The molecule has 7 heteroatoms. The second kappa shape index (κ2) is 7.60. The molecule has 0 radical (unpaired) electrons. The molecular weight excluding hydrogens is 364 g/mol. The maximum Gasteiger partial charge on any atom is 0.263 e. The number of nitrogens with zero attached hydrogens (tertiary/aromatic N) is 1. The maximum atomic E-state index is 12.8. The molecule has 27 heavy (non-hydrogen) atoms. The van der Waals surface area contributed by atoms with Crippen LogP contribution in [0.4, 0.5) is 5.69 Å². The van der Waals surface area contributed by atoms with Gasteiger partial charge in [-0.3, -0.25) is 9.10 Å². The summed E-state index contributed by atoms with van der Waals surface area (Å²) in [5, 5.41) is 2.92. The number of sulfonamides is 1. The number of para-hydroxylation sites is 2. The molecule has 1 amide bonds. The molecule has 0 aromatic heterocycles. The van der Waals surface area contributed by atoms with Gasteiger partial charge in [0.25, 0.3) is 5.91 Å². The maximum absolute atomic E-state index is 12.8. The Morgan fingerprint density at radius 2 is 1.89 bits per heavy atom. The molecule has 0 bridgehead atoms. The molecular formula is C20H24N2O4S. The van der Waals surface area contributed by atoms with E-state index < -0.39 is 16.1 Å². The molecule has 1 aliphatic rings. The zero-order chi connectivity index (χ0) is 19.6. The summed E-state index contributed by atoms with van der Waals surface area (Å²) in [6.07, 6.45) is -0.908. The predicted octanol–water partition coefficient (Wildman–Crippen LogP) is 2.79. The molecule has 0 aliphatic carbocycles. The molecule has 6 nitrogen and oxygen atoms in total. The van der Waals surface area contributed by atoms with E-state index >= 15 is 0 Å². The molecule has 0 unspecified atom stereocenters. The first kappa shape index (κ1) is 19.2. The van der Waals surface area contributed by atoms with Crippen LogP contribution in [0.15, 0.2) is 48.5 Å². The third-order valence-corrected chi connectivity index (χ3v) is 6.41. The Hall–Kier alpha value is -2.54. The first-order valence-electron chi connectivity index (χ1n) is 8.95. The normalized spacial score (nSPS) is 17.6. The van der Waals surface area contributed by atoms with Crippen molar-refractivity contribution >= 4 is 21.6 Å². The Labute approximate surface area is 160 Å². The summed E-state index contributed by atoms with van der Waals surface area (Å²) in [6.45, 7) is 5.44. The lowest BCUT2D eigenvalue weighted by Gasteiger charge is -2.35. The fourth-order valence-corrected chi connectivity index (χ4v) is 4.13. The van der Waals surface area contributed by atoms with Crippen LogP contribution in [0.5, 0.6) is 5.75 Å². The van der Waals surface area contributed by atoms with Gasteiger partial charge in [-0.1, -0.05) is 42.0 Å². The van der Waals surface area contributed by atoms with Crippen molar-refractivity contribution in [3.8, 4) is 5.75 Å². The molecule has 1 N–H and O–H groups in total. The van der Waals surface area contributed by atoms with Gasteiger partial charge >= 0.3 is 0 Å². The SMILES string of the molecule is CCS(=O)(=O)N1C[C@H](C(=O)N[C@@H](C)c2ccc(C)cc2)Oc2ccccc21. The van der Waals surface area contributed by atoms with Crippen molar-refractivity contribution in [1.29, 1.82) is 0 Å². The lowest BCUT2D eigenvalue weighted by atomic mass is 10.1. The van der Waals surface area contributed by atoms with E-state index in [1.807, 2.05) is 38.1 Å².